The Hall–Kier alpha value is -3.49. The van der Waals surface area contributed by atoms with E-state index in [0.29, 0.717) is 17.4 Å². The van der Waals surface area contributed by atoms with Gasteiger partial charge in [-0.1, -0.05) is 12.1 Å². The molecule has 0 radical (unpaired) electrons. The fraction of sp³-hybridized carbons (Fsp3) is 0.211. The van der Waals surface area contributed by atoms with E-state index in [2.05, 4.69) is 10.6 Å². The first-order valence-corrected chi connectivity index (χ1v) is 8.22. The van der Waals surface area contributed by atoms with Gasteiger partial charge >= 0.3 is 5.97 Å². The Morgan fingerprint density at radius 1 is 1.07 bits per heavy atom. The molecule has 0 aromatic heterocycles. The largest absolute Gasteiger partial charge is 0.496 e. The summed E-state index contributed by atoms with van der Waals surface area (Å²) in [7, 11) is 1.44. The molecule has 2 N–H and O–H groups in total. The van der Waals surface area contributed by atoms with E-state index < -0.39 is 36.0 Å². The third-order valence-corrected chi connectivity index (χ3v) is 3.54. The minimum absolute atomic E-state index is 0.01000. The number of hydrogen-bond acceptors (Lipinski definition) is 5. The molecular formula is C19H18F2N2O5. The fourth-order valence-corrected chi connectivity index (χ4v) is 2.20. The first kappa shape index (κ1) is 20.8. The van der Waals surface area contributed by atoms with Crippen LogP contribution in [0.5, 0.6) is 5.75 Å². The van der Waals surface area contributed by atoms with E-state index in [4.69, 9.17) is 9.47 Å². The van der Waals surface area contributed by atoms with Gasteiger partial charge < -0.3 is 20.1 Å². The van der Waals surface area contributed by atoms with Crippen molar-refractivity contribution in [3.05, 3.63) is 59.7 Å². The zero-order chi connectivity index (χ0) is 20.5. The molecule has 0 aliphatic heterocycles. The Morgan fingerprint density at radius 2 is 1.82 bits per heavy atom. The Balaban J connectivity index is 1.72. The predicted molar refractivity (Wildman–Crippen MR) is 95.9 cm³/mol. The highest BCUT2D eigenvalue weighted by molar-refractivity contribution is 5.97. The second kappa shape index (κ2) is 10.0. The van der Waals surface area contributed by atoms with Crippen molar-refractivity contribution < 1.29 is 32.6 Å². The molecule has 7 nitrogen and oxygen atoms in total. The summed E-state index contributed by atoms with van der Waals surface area (Å²) >= 11 is 0. The molecule has 0 aliphatic carbocycles. The second-order valence-electron chi connectivity index (χ2n) is 5.54. The van der Waals surface area contributed by atoms with E-state index in [9.17, 15) is 23.2 Å². The molecule has 0 saturated carbocycles. The number of esters is 1. The van der Waals surface area contributed by atoms with Crippen molar-refractivity contribution >= 4 is 23.5 Å². The Morgan fingerprint density at radius 3 is 2.54 bits per heavy atom. The molecule has 0 atom stereocenters. The molecule has 0 bridgehead atoms. The maximum atomic E-state index is 13.4. The standard InChI is InChI=1S/C19H18F2N2O5/c1-27-16-5-3-2-4-13(16)19(26)22-9-8-18(25)28-11-17(24)23-15-7-6-12(20)10-14(15)21/h2-7,10H,8-9,11H2,1H3,(H,22,26)(H,23,24). The van der Waals surface area contributed by atoms with Gasteiger partial charge in [0.25, 0.3) is 11.8 Å². The van der Waals surface area contributed by atoms with E-state index in [1.807, 2.05) is 0 Å². The van der Waals surface area contributed by atoms with E-state index >= 15 is 0 Å². The van der Waals surface area contributed by atoms with Crippen LogP contribution in [0.3, 0.4) is 0 Å². The van der Waals surface area contributed by atoms with Crippen LogP contribution in [0.2, 0.25) is 0 Å². The van der Waals surface area contributed by atoms with Gasteiger partial charge in [0, 0.05) is 12.6 Å². The average Bonchev–Trinajstić information content (AvgIpc) is 2.68. The highest BCUT2D eigenvalue weighted by Gasteiger charge is 2.13. The van der Waals surface area contributed by atoms with Crippen molar-refractivity contribution in [1.29, 1.82) is 0 Å². The van der Waals surface area contributed by atoms with Crippen LogP contribution in [0.4, 0.5) is 14.5 Å². The zero-order valence-electron chi connectivity index (χ0n) is 15.0. The van der Waals surface area contributed by atoms with Crippen molar-refractivity contribution in [2.45, 2.75) is 6.42 Å². The maximum absolute atomic E-state index is 13.4. The third kappa shape index (κ3) is 6.04. The number of carbonyl (C=O) groups excluding carboxylic acids is 3. The first-order valence-electron chi connectivity index (χ1n) is 8.22. The molecule has 28 heavy (non-hydrogen) atoms. The molecule has 2 amide bonds. The SMILES string of the molecule is COc1ccccc1C(=O)NCCC(=O)OCC(=O)Nc1ccc(F)cc1F. The molecule has 2 aromatic rings. The molecule has 148 valence electrons. The molecule has 0 saturated heterocycles. The lowest BCUT2D eigenvalue weighted by Gasteiger charge is -2.09. The summed E-state index contributed by atoms with van der Waals surface area (Å²) in [6.07, 6.45) is -0.168. The number of amides is 2. The van der Waals surface area contributed by atoms with Crippen molar-refractivity contribution in [3.8, 4) is 5.75 Å². The molecule has 0 aliphatic rings. The average molecular weight is 392 g/mol. The highest BCUT2D eigenvalue weighted by Crippen LogP contribution is 2.17. The number of benzene rings is 2. The predicted octanol–water partition coefficient (Wildman–Crippen LogP) is 2.28. The van der Waals surface area contributed by atoms with Crippen LogP contribution in [0.15, 0.2) is 42.5 Å². The van der Waals surface area contributed by atoms with Crippen LogP contribution in [0.25, 0.3) is 0 Å². The van der Waals surface area contributed by atoms with Crippen molar-refractivity contribution in [3.63, 3.8) is 0 Å². The van der Waals surface area contributed by atoms with Gasteiger partial charge in [-0.05, 0) is 24.3 Å². The van der Waals surface area contributed by atoms with Crippen molar-refractivity contribution in [2.24, 2.45) is 0 Å². The summed E-state index contributed by atoms with van der Waals surface area (Å²) in [6, 6.07) is 9.25. The quantitative estimate of drug-likeness (QED) is 0.673. The monoisotopic (exact) mass is 392 g/mol. The van der Waals surface area contributed by atoms with Gasteiger partial charge in [-0.15, -0.1) is 0 Å². The Labute approximate surface area is 159 Å². The van der Waals surface area contributed by atoms with Crippen LogP contribution in [-0.4, -0.2) is 38.0 Å². The first-order chi connectivity index (χ1) is 13.4. The normalized spacial score (nSPS) is 10.1. The van der Waals surface area contributed by atoms with Crippen LogP contribution in [0, 0.1) is 11.6 Å². The van der Waals surface area contributed by atoms with Gasteiger partial charge in [-0.25, -0.2) is 8.78 Å². The molecule has 0 heterocycles. The number of carbonyl (C=O) groups is 3. The van der Waals surface area contributed by atoms with Crippen molar-refractivity contribution in [1.82, 2.24) is 5.32 Å². The van der Waals surface area contributed by atoms with E-state index in [0.717, 1.165) is 12.1 Å². The number of nitrogens with one attached hydrogen (secondary N) is 2. The number of para-hydroxylation sites is 1. The summed E-state index contributed by atoms with van der Waals surface area (Å²) < 4.78 is 36.1. The molecule has 0 unspecified atom stereocenters. The summed E-state index contributed by atoms with van der Waals surface area (Å²) in [5.74, 6) is -3.26. The van der Waals surface area contributed by atoms with Gasteiger partial charge in [-0.2, -0.15) is 0 Å². The summed E-state index contributed by atoms with van der Waals surface area (Å²) in [6.45, 7) is -0.653. The summed E-state index contributed by atoms with van der Waals surface area (Å²) in [5.41, 5.74) is 0.0885. The smallest absolute Gasteiger partial charge is 0.308 e. The van der Waals surface area contributed by atoms with Gasteiger partial charge in [0.2, 0.25) is 0 Å². The number of methoxy groups -OCH3 is 1. The zero-order valence-corrected chi connectivity index (χ0v) is 15.0. The van der Waals surface area contributed by atoms with Gasteiger partial charge in [0.1, 0.15) is 17.4 Å². The minimum atomic E-state index is -0.946. The lowest BCUT2D eigenvalue weighted by atomic mass is 10.2. The Kier molecular flexibility index (Phi) is 7.44. The minimum Gasteiger partial charge on any atom is -0.496 e. The molecule has 0 fully saturated rings. The summed E-state index contributed by atoms with van der Waals surface area (Å²) in [5, 5.41) is 4.70. The molecular weight excluding hydrogens is 374 g/mol. The van der Waals surface area contributed by atoms with Gasteiger partial charge in [0.15, 0.2) is 6.61 Å². The molecule has 0 spiro atoms. The topological polar surface area (TPSA) is 93.7 Å². The van der Waals surface area contributed by atoms with E-state index in [1.54, 1.807) is 24.3 Å². The van der Waals surface area contributed by atoms with Crippen molar-refractivity contribution in [2.75, 3.05) is 25.6 Å². The lowest BCUT2D eigenvalue weighted by Crippen LogP contribution is -2.28. The number of anilines is 1. The van der Waals surface area contributed by atoms with Gasteiger partial charge in [-0.3, -0.25) is 14.4 Å². The molecule has 2 rings (SSSR count). The van der Waals surface area contributed by atoms with E-state index in [-0.39, 0.29) is 18.7 Å². The van der Waals surface area contributed by atoms with E-state index in [1.165, 1.54) is 7.11 Å². The molecule has 2 aromatic carbocycles. The lowest BCUT2D eigenvalue weighted by molar-refractivity contribution is -0.147. The van der Waals surface area contributed by atoms with Crippen LogP contribution < -0.4 is 15.4 Å². The second-order valence-corrected chi connectivity index (χ2v) is 5.54. The number of ether oxygens (including phenoxy) is 2. The highest BCUT2D eigenvalue weighted by atomic mass is 19.1. The number of rotatable bonds is 8. The molecule has 9 heteroatoms. The van der Waals surface area contributed by atoms with Gasteiger partial charge in [0.05, 0.1) is 24.8 Å². The maximum Gasteiger partial charge on any atom is 0.308 e. The Bertz CT molecular complexity index is 873. The number of hydrogen-bond donors (Lipinski definition) is 2. The summed E-state index contributed by atoms with van der Waals surface area (Å²) in [4.78, 5) is 35.4. The number of halogens is 2. The fourth-order valence-electron chi connectivity index (χ4n) is 2.20. The third-order valence-electron chi connectivity index (χ3n) is 3.54. The van der Waals surface area contributed by atoms with Crippen LogP contribution in [0.1, 0.15) is 16.8 Å². The van der Waals surface area contributed by atoms with Crippen LogP contribution >= 0.6 is 0 Å². The van der Waals surface area contributed by atoms with Crippen LogP contribution in [-0.2, 0) is 14.3 Å².